The molecule has 0 fully saturated rings. The second kappa shape index (κ2) is 5.73. The fourth-order valence-corrected chi connectivity index (χ4v) is 2.46. The van der Waals surface area contributed by atoms with Crippen LogP contribution >= 0.6 is 0 Å². The lowest BCUT2D eigenvalue weighted by molar-refractivity contribution is -0.116. The Morgan fingerprint density at radius 1 is 1.42 bits per heavy atom. The van der Waals surface area contributed by atoms with E-state index >= 15 is 0 Å². The van der Waals surface area contributed by atoms with Crippen molar-refractivity contribution in [3.63, 3.8) is 0 Å². The third-order valence-corrected chi connectivity index (χ3v) is 3.40. The molecule has 0 saturated heterocycles. The third kappa shape index (κ3) is 2.86. The Kier molecular flexibility index (Phi) is 4.04. The number of anilines is 1. The lowest BCUT2D eigenvalue weighted by Gasteiger charge is -2.15. The summed E-state index contributed by atoms with van der Waals surface area (Å²) < 4.78 is 4.53. The van der Waals surface area contributed by atoms with Crippen LogP contribution in [0, 0.1) is 0 Å². The minimum absolute atomic E-state index is 0.0517. The van der Waals surface area contributed by atoms with E-state index in [1.807, 2.05) is 24.3 Å². The van der Waals surface area contributed by atoms with Gasteiger partial charge in [0.1, 0.15) is 0 Å². The van der Waals surface area contributed by atoms with Crippen LogP contribution in [0.1, 0.15) is 24.8 Å². The number of fused-ring (bicyclic) bond motifs is 1. The second-order valence-electron chi connectivity index (χ2n) is 4.59. The van der Waals surface area contributed by atoms with Gasteiger partial charge in [-0.1, -0.05) is 18.2 Å². The molecule has 2 rings (SSSR count). The molecule has 1 heterocycles. The van der Waals surface area contributed by atoms with Crippen LogP contribution in [0.3, 0.4) is 0 Å². The van der Waals surface area contributed by atoms with E-state index in [9.17, 15) is 9.59 Å². The number of nitrogens with zero attached hydrogens (tertiary/aromatic N) is 1. The molecular weight excluding hydrogens is 244 g/mol. The molecule has 1 aliphatic heterocycles. The number of nitrogens with one attached hydrogen (secondary N) is 1. The molecule has 1 atom stereocenters. The van der Waals surface area contributed by atoms with E-state index in [-0.39, 0.29) is 11.8 Å². The van der Waals surface area contributed by atoms with Crippen LogP contribution < -0.4 is 10.2 Å². The summed E-state index contributed by atoms with van der Waals surface area (Å²) >= 11 is 0. The van der Waals surface area contributed by atoms with Crippen LogP contribution in [0.5, 0.6) is 0 Å². The van der Waals surface area contributed by atoms with E-state index in [0.29, 0.717) is 13.1 Å². The maximum atomic E-state index is 11.6. The monoisotopic (exact) mass is 262 g/mol. The number of benzene rings is 1. The molecule has 5 nitrogen and oxygen atoms in total. The summed E-state index contributed by atoms with van der Waals surface area (Å²) in [6.07, 6.45) is 0.366. The molecule has 102 valence electrons. The SMILES string of the molecule is COC(=O)NCCC1CN(C(C)=O)c2ccccc21. The summed E-state index contributed by atoms with van der Waals surface area (Å²) in [6, 6.07) is 7.92. The molecule has 19 heavy (non-hydrogen) atoms. The van der Waals surface area contributed by atoms with Crippen LogP contribution in [0.2, 0.25) is 0 Å². The topological polar surface area (TPSA) is 58.6 Å². The van der Waals surface area contributed by atoms with E-state index in [4.69, 9.17) is 0 Å². The van der Waals surface area contributed by atoms with Crippen LogP contribution in [-0.2, 0) is 9.53 Å². The maximum absolute atomic E-state index is 11.6. The molecule has 1 aromatic carbocycles. The lowest BCUT2D eigenvalue weighted by Crippen LogP contribution is -2.29. The van der Waals surface area contributed by atoms with E-state index in [1.165, 1.54) is 12.7 Å². The van der Waals surface area contributed by atoms with E-state index in [0.717, 1.165) is 12.1 Å². The zero-order valence-corrected chi connectivity index (χ0v) is 11.2. The zero-order valence-electron chi connectivity index (χ0n) is 11.2. The van der Waals surface area contributed by atoms with Crippen molar-refractivity contribution < 1.29 is 14.3 Å². The first kappa shape index (κ1) is 13.4. The van der Waals surface area contributed by atoms with Gasteiger partial charge in [-0.15, -0.1) is 0 Å². The van der Waals surface area contributed by atoms with Crippen molar-refractivity contribution in [1.82, 2.24) is 5.32 Å². The molecule has 1 N–H and O–H groups in total. The quantitative estimate of drug-likeness (QED) is 0.904. The molecular formula is C14H18N2O3. The first-order valence-corrected chi connectivity index (χ1v) is 6.32. The Hall–Kier alpha value is -2.04. The molecule has 1 aliphatic rings. The molecule has 0 aliphatic carbocycles. The van der Waals surface area contributed by atoms with Gasteiger partial charge in [0.2, 0.25) is 5.91 Å². The first-order valence-electron chi connectivity index (χ1n) is 6.32. The largest absolute Gasteiger partial charge is 0.453 e. The average molecular weight is 262 g/mol. The number of carbonyl (C=O) groups is 2. The van der Waals surface area contributed by atoms with Crippen molar-refractivity contribution in [2.24, 2.45) is 0 Å². The van der Waals surface area contributed by atoms with Gasteiger partial charge in [0.15, 0.2) is 0 Å². The number of para-hydroxylation sites is 1. The normalized spacial score (nSPS) is 16.9. The highest BCUT2D eigenvalue weighted by atomic mass is 16.5. The Morgan fingerprint density at radius 3 is 2.84 bits per heavy atom. The smallest absolute Gasteiger partial charge is 0.406 e. The molecule has 1 aromatic rings. The Bertz CT molecular complexity index is 487. The molecule has 0 radical (unpaired) electrons. The summed E-state index contributed by atoms with van der Waals surface area (Å²) in [5, 5.41) is 2.67. The number of methoxy groups -OCH3 is 1. The fourth-order valence-electron chi connectivity index (χ4n) is 2.46. The van der Waals surface area contributed by atoms with Gasteiger partial charge in [0.05, 0.1) is 7.11 Å². The average Bonchev–Trinajstić information content (AvgIpc) is 2.78. The van der Waals surface area contributed by atoms with Gasteiger partial charge >= 0.3 is 6.09 Å². The Labute approximate surface area is 112 Å². The predicted molar refractivity (Wildman–Crippen MR) is 72.2 cm³/mol. The number of amides is 2. The molecule has 0 spiro atoms. The highest BCUT2D eigenvalue weighted by Gasteiger charge is 2.29. The van der Waals surface area contributed by atoms with E-state index in [2.05, 4.69) is 10.1 Å². The maximum Gasteiger partial charge on any atom is 0.406 e. The number of alkyl carbamates (subject to hydrolysis) is 1. The summed E-state index contributed by atoms with van der Waals surface area (Å²) in [6.45, 7) is 2.79. The standard InChI is InChI=1S/C14H18N2O3/c1-10(17)16-9-11(7-8-15-14(18)19-2)12-5-3-4-6-13(12)16/h3-6,11H,7-9H2,1-2H3,(H,15,18). The molecule has 0 saturated carbocycles. The molecule has 0 bridgehead atoms. The third-order valence-electron chi connectivity index (χ3n) is 3.40. The molecule has 1 unspecified atom stereocenters. The summed E-state index contributed by atoms with van der Waals surface area (Å²) in [4.78, 5) is 24.4. The number of hydrogen-bond acceptors (Lipinski definition) is 3. The Morgan fingerprint density at radius 2 is 2.16 bits per heavy atom. The fraction of sp³-hybridized carbons (Fsp3) is 0.429. The Balaban J connectivity index is 2.04. The van der Waals surface area contributed by atoms with Gasteiger partial charge in [-0.3, -0.25) is 4.79 Å². The first-order chi connectivity index (χ1) is 9.13. The number of carbonyl (C=O) groups excluding carboxylic acids is 2. The summed E-state index contributed by atoms with van der Waals surface area (Å²) in [5.41, 5.74) is 2.16. The van der Waals surface area contributed by atoms with Crippen LogP contribution in [-0.4, -0.2) is 32.2 Å². The van der Waals surface area contributed by atoms with Gasteiger partial charge in [-0.05, 0) is 18.1 Å². The van der Waals surface area contributed by atoms with Crippen molar-refractivity contribution in [2.45, 2.75) is 19.3 Å². The summed E-state index contributed by atoms with van der Waals surface area (Å²) in [7, 11) is 1.34. The van der Waals surface area contributed by atoms with Crippen molar-refractivity contribution >= 4 is 17.7 Å². The van der Waals surface area contributed by atoms with Crippen LogP contribution in [0.4, 0.5) is 10.5 Å². The second-order valence-corrected chi connectivity index (χ2v) is 4.59. The minimum atomic E-state index is -0.422. The van der Waals surface area contributed by atoms with Gasteiger partial charge < -0.3 is 15.0 Å². The highest BCUT2D eigenvalue weighted by molar-refractivity contribution is 5.94. The number of rotatable bonds is 3. The van der Waals surface area contributed by atoms with Gasteiger partial charge in [-0.25, -0.2) is 4.79 Å². The van der Waals surface area contributed by atoms with Crippen molar-refractivity contribution in [2.75, 3.05) is 25.1 Å². The number of hydrogen-bond donors (Lipinski definition) is 1. The van der Waals surface area contributed by atoms with Crippen LogP contribution in [0.15, 0.2) is 24.3 Å². The summed E-state index contributed by atoms with van der Waals surface area (Å²) in [5.74, 6) is 0.313. The van der Waals surface area contributed by atoms with Crippen molar-refractivity contribution in [1.29, 1.82) is 0 Å². The molecule has 2 amide bonds. The highest BCUT2D eigenvalue weighted by Crippen LogP contribution is 2.37. The molecule has 0 aromatic heterocycles. The zero-order chi connectivity index (χ0) is 13.8. The predicted octanol–water partition coefficient (Wildman–Crippen LogP) is 1.88. The molecule has 5 heteroatoms. The number of ether oxygens (including phenoxy) is 1. The van der Waals surface area contributed by atoms with E-state index < -0.39 is 6.09 Å². The van der Waals surface area contributed by atoms with Gasteiger partial charge in [-0.2, -0.15) is 0 Å². The van der Waals surface area contributed by atoms with Gasteiger partial charge in [0.25, 0.3) is 0 Å². The minimum Gasteiger partial charge on any atom is -0.453 e. The van der Waals surface area contributed by atoms with Crippen LogP contribution in [0.25, 0.3) is 0 Å². The van der Waals surface area contributed by atoms with Gasteiger partial charge in [0, 0.05) is 31.6 Å². The van der Waals surface area contributed by atoms with Crippen molar-refractivity contribution in [3.05, 3.63) is 29.8 Å². The van der Waals surface area contributed by atoms with E-state index in [1.54, 1.807) is 11.8 Å². The van der Waals surface area contributed by atoms with Crippen molar-refractivity contribution in [3.8, 4) is 0 Å². The lowest BCUT2D eigenvalue weighted by atomic mass is 9.98.